The van der Waals surface area contributed by atoms with Crippen LogP contribution in [0.3, 0.4) is 0 Å². The average Bonchev–Trinajstić information content (AvgIpc) is 2.97. The van der Waals surface area contributed by atoms with Crippen molar-refractivity contribution >= 4 is 34.3 Å². The van der Waals surface area contributed by atoms with E-state index in [1.807, 2.05) is 0 Å². The van der Waals surface area contributed by atoms with Crippen LogP contribution in [0.1, 0.15) is 37.6 Å². The van der Waals surface area contributed by atoms with Crippen molar-refractivity contribution in [3.8, 4) is 5.75 Å². The summed E-state index contributed by atoms with van der Waals surface area (Å²) in [6, 6.07) is 4.20. The lowest BCUT2D eigenvalue weighted by Crippen LogP contribution is -2.44. The van der Waals surface area contributed by atoms with Crippen molar-refractivity contribution in [3.63, 3.8) is 0 Å². The number of halogens is 1. The second kappa shape index (κ2) is 8.07. The summed E-state index contributed by atoms with van der Waals surface area (Å²) in [4.78, 5) is 36.7. The van der Waals surface area contributed by atoms with Crippen molar-refractivity contribution in [3.05, 3.63) is 28.2 Å². The Morgan fingerprint density at radius 3 is 2.54 bits per heavy atom. The Morgan fingerprint density at radius 2 is 2.00 bits per heavy atom. The number of ether oxygens (including phenoxy) is 3. The average molecular weight is 428 g/mol. The molecule has 2 atom stereocenters. The molecule has 0 bridgehead atoms. The summed E-state index contributed by atoms with van der Waals surface area (Å²) in [5, 5.41) is 0. The van der Waals surface area contributed by atoms with Crippen LogP contribution < -0.4 is 4.74 Å². The SMILES string of the molecule is COC(=O)C1CC(Oc2ccc(C=O)c(Br)c2)CN1C(=O)OC(C)(C)C. The maximum atomic E-state index is 12.4. The second-order valence-corrected chi connectivity index (χ2v) is 7.80. The first-order valence-corrected chi connectivity index (χ1v) is 8.92. The number of amides is 1. The maximum Gasteiger partial charge on any atom is 0.411 e. The highest BCUT2D eigenvalue weighted by Gasteiger charge is 2.43. The van der Waals surface area contributed by atoms with Crippen LogP contribution in [0.5, 0.6) is 5.75 Å². The van der Waals surface area contributed by atoms with Gasteiger partial charge in [-0.25, -0.2) is 9.59 Å². The lowest BCUT2D eigenvalue weighted by atomic mass is 10.2. The van der Waals surface area contributed by atoms with E-state index < -0.39 is 29.8 Å². The number of methoxy groups -OCH3 is 1. The summed E-state index contributed by atoms with van der Waals surface area (Å²) in [6.45, 7) is 5.47. The second-order valence-electron chi connectivity index (χ2n) is 6.95. The molecule has 1 amide bonds. The predicted molar refractivity (Wildman–Crippen MR) is 97.3 cm³/mol. The van der Waals surface area contributed by atoms with Gasteiger partial charge in [-0.15, -0.1) is 0 Å². The Morgan fingerprint density at radius 1 is 1.31 bits per heavy atom. The van der Waals surface area contributed by atoms with Crippen molar-refractivity contribution in [2.24, 2.45) is 0 Å². The summed E-state index contributed by atoms with van der Waals surface area (Å²) in [7, 11) is 1.28. The zero-order valence-electron chi connectivity index (χ0n) is 15.2. The van der Waals surface area contributed by atoms with Crippen LogP contribution in [0, 0.1) is 0 Å². The number of benzene rings is 1. The van der Waals surface area contributed by atoms with Gasteiger partial charge in [0.25, 0.3) is 0 Å². The topological polar surface area (TPSA) is 82.1 Å². The van der Waals surface area contributed by atoms with Crippen molar-refractivity contribution in [2.45, 2.75) is 44.9 Å². The minimum absolute atomic E-state index is 0.196. The lowest BCUT2D eigenvalue weighted by Gasteiger charge is -2.27. The van der Waals surface area contributed by atoms with E-state index in [2.05, 4.69) is 15.9 Å². The zero-order chi connectivity index (χ0) is 19.5. The molecule has 0 saturated carbocycles. The largest absolute Gasteiger partial charge is 0.488 e. The first kappa shape index (κ1) is 20.2. The van der Waals surface area contributed by atoms with Crippen LogP contribution in [0.4, 0.5) is 4.79 Å². The number of aldehydes is 1. The molecule has 1 saturated heterocycles. The number of carbonyl (C=O) groups is 3. The van der Waals surface area contributed by atoms with Crippen molar-refractivity contribution in [2.75, 3.05) is 13.7 Å². The minimum atomic E-state index is -0.766. The summed E-state index contributed by atoms with van der Waals surface area (Å²) in [5.74, 6) is 0.0153. The molecule has 1 aliphatic rings. The third-order valence-corrected chi connectivity index (χ3v) is 4.45. The van der Waals surface area contributed by atoms with Crippen LogP contribution in [0.2, 0.25) is 0 Å². The van der Waals surface area contributed by atoms with Gasteiger partial charge in [0.15, 0.2) is 6.29 Å². The van der Waals surface area contributed by atoms with Gasteiger partial charge < -0.3 is 14.2 Å². The Balaban J connectivity index is 2.14. The van der Waals surface area contributed by atoms with Gasteiger partial charge in [0.05, 0.1) is 13.7 Å². The molecule has 8 heteroatoms. The molecule has 142 valence electrons. The third kappa shape index (κ3) is 4.97. The van der Waals surface area contributed by atoms with E-state index in [0.29, 0.717) is 22.2 Å². The molecule has 1 heterocycles. The molecule has 0 N–H and O–H groups in total. The van der Waals surface area contributed by atoms with Gasteiger partial charge in [0.1, 0.15) is 23.5 Å². The Kier molecular flexibility index (Phi) is 6.28. The molecule has 1 aliphatic heterocycles. The maximum absolute atomic E-state index is 12.4. The fourth-order valence-electron chi connectivity index (χ4n) is 2.63. The zero-order valence-corrected chi connectivity index (χ0v) is 16.7. The molecular formula is C18H22BrNO6. The van der Waals surface area contributed by atoms with Crippen molar-refractivity contribution < 1.29 is 28.6 Å². The highest BCUT2D eigenvalue weighted by Crippen LogP contribution is 2.28. The first-order chi connectivity index (χ1) is 12.1. The van der Waals surface area contributed by atoms with Crippen LogP contribution in [-0.2, 0) is 14.3 Å². The molecule has 26 heavy (non-hydrogen) atoms. The summed E-state index contributed by atoms with van der Waals surface area (Å²) in [6.07, 6.45) is 0.0389. The standard InChI is InChI=1S/C18H22BrNO6/c1-18(2,3)26-17(23)20-9-13(8-15(20)16(22)24-4)25-12-6-5-11(10-21)14(19)7-12/h5-7,10,13,15H,8-9H2,1-4H3. The molecule has 2 rings (SSSR count). The monoisotopic (exact) mass is 427 g/mol. The number of hydrogen-bond donors (Lipinski definition) is 0. The van der Waals surface area contributed by atoms with Gasteiger partial charge >= 0.3 is 12.1 Å². The Hall–Kier alpha value is -2.09. The van der Waals surface area contributed by atoms with E-state index in [1.54, 1.807) is 39.0 Å². The third-order valence-electron chi connectivity index (χ3n) is 3.77. The molecule has 2 unspecified atom stereocenters. The Labute approximate surface area is 160 Å². The van der Waals surface area contributed by atoms with Crippen LogP contribution in [0.15, 0.2) is 22.7 Å². The van der Waals surface area contributed by atoms with Gasteiger partial charge in [-0.3, -0.25) is 9.69 Å². The van der Waals surface area contributed by atoms with E-state index in [1.165, 1.54) is 12.0 Å². The molecule has 0 radical (unpaired) electrons. The summed E-state index contributed by atoms with van der Waals surface area (Å²) in [5.41, 5.74) is -0.168. The van der Waals surface area contributed by atoms with E-state index in [0.717, 1.165) is 6.29 Å². The van der Waals surface area contributed by atoms with E-state index in [-0.39, 0.29) is 6.54 Å². The smallest absolute Gasteiger partial charge is 0.411 e. The van der Waals surface area contributed by atoms with Crippen LogP contribution in [0.25, 0.3) is 0 Å². The molecule has 1 aromatic rings. The van der Waals surface area contributed by atoms with Crippen molar-refractivity contribution in [1.82, 2.24) is 4.90 Å². The molecule has 0 aromatic heterocycles. The van der Waals surface area contributed by atoms with Crippen LogP contribution in [-0.4, -0.2) is 54.7 Å². The summed E-state index contributed by atoms with van der Waals surface area (Å²) >= 11 is 3.30. The van der Waals surface area contributed by atoms with Gasteiger partial charge in [-0.1, -0.05) is 0 Å². The van der Waals surface area contributed by atoms with E-state index in [4.69, 9.17) is 14.2 Å². The quantitative estimate of drug-likeness (QED) is 0.541. The van der Waals surface area contributed by atoms with Gasteiger partial charge in [0.2, 0.25) is 0 Å². The molecule has 0 aliphatic carbocycles. The number of likely N-dealkylation sites (tertiary alicyclic amines) is 1. The first-order valence-electron chi connectivity index (χ1n) is 8.13. The van der Waals surface area contributed by atoms with Gasteiger partial charge in [-0.2, -0.15) is 0 Å². The lowest BCUT2D eigenvalue weighted by molar-refractivity contribution is -0.145. The number of hydrogen-bond acceptors (Lipinski definition) is 6. The normalized spacial score (nSPS) is 19.8. The molecule has 1 aromatic carbocycles. The van der Waals surface area contributed by atoms with E-state index >= 15 is 0 Å². The highest BCUT2D eigenvalue weighted by atomic mass is 79.9. The van der Waals surface area contributed by atoms with Crippen LogP contribution >= 0.6 is 15.9 Å². The molecular weight excluding hydrogens is 406 g/mol. The fourth-order valence-corrected chi connectivity index (χ4v) is 3.09. The molecule has 0 spiro atoms. The minimum Gasteiger partial charge on any atom is -0.488 e. The molecule has 7 nitrogen and oxygen atoms in total. The fraction of sp³-hybridized carbons (Fsp3) is 0.500. The number of carbonyl (C=O) groups excluding carboxylic acids is 3. The summed E-state index contributed by atoms with van der Waals surface area (Å²) < 4.78 is 16.7. The predicted octanol–water partition coefficient (Wildman–Crippen LogP) is 3.19. The Bertz CT molecular complexity index is 699. The highest BCUT2D eigenvalue weighted by molar-refractivity contribution is 9.10. The number of nitrogens with zero attached hydrogens (tertiary/aromatic N) is 1. The van der Waals surface area contributed by atoms with E-state index in [9.17, 15) is 14.4 Å². The molecule has 1 fully saturated rings. The van der Waals surface area contributed by atoms with Gasteiger partial charge in [-0.05, 0) is 54.9 Å². The van der Waals surface area contributed by atoms with Crippen molar-refractivity contribution in [1.29, 1.82) is 0 Å². The number of rotatable bonds is 4. The van der Waals surface area contributed by atoms with Gasteiger partial charge in [0, 0.05) is 16.5 Å². The number of esters is 1.